The van der Waals surface area contributed by atoms with Crippen LogP contribution in [-0.4, -0.2) is 17.4 Å². The van der Waals surface area contributed by atoms with Crippen LogP contribution < -0.4 is 0 Å². The standard InChI is InChI=1S/C9H6F6O/c10-4-1-6(11)5(7(12)2-4)3-8(16)9(13,14)15/h1-2,8,16H,3H2. The third-order valence-corrected chi connectivity index (χ3v) is 1.88. The van der Waals surface area contributed by atoms with E-state index in [-0.39, 0.29) is 12.1 Å². The second kappa shape index (κ2) is 4.32. The Morgan fingerprint density at radius 1 is 1.06 bits per heavy atom. The Labute approximate surface area is 86.3 Å². The van der Waals surface area contributed by atoms with Gasteiger partial charge < -0.3 is 5.11 Å². The van der Waals surface area contributed by atoms with Crippen LogP contribution in [0.5, 0.6) is 0 Å². The molecule has 7 heteroatoms. The first kappa shape index (κ1) is 12.8. The molecule has 1 aromatic rings. The fourth-order valence-electron chi connectivity index (χ4n) is 1.08. The molecule has 0 heterocycles. The highest BCUT2D eigenvalue weighted by Gasteiger charge is 2.39. The summed E-state index contributed by atoms with van der Waals surface area (Å²) in [4.78, 5) is 0. The predicted molar refractivity (Wildman–Crippen MR) is 42.1 cm³/mol. The van der Waals surface area contributed by atoms with Gasteiger partial charge >= 0.3 is 6.18 Å². The number of benzene rings is 1. The number of hydrogen-bond acceptors (Lipinski definition) is 1. The van der Waals surface area contributed by atoms with E-state index in [0.717, 1.165) is 0 Å². The first-order valence-corrected chi connectivity index (χ1v) is 4.10. The number of aliphatic hydroxyl groups excluding tert-OH is 1. The highest BCUT2D eigenvalue weighted by atomic mass is 19.4. The van der Waals surface area contributed by atoms with E-state index < -0.39 is 41.7 Å². The van der Waals surface area contributed by atoms with Crippen LogP contribution in [-0.2, 0) is 6.42 Å². The van der Waals surface area contributed by atoms with Crippen LogP contribution in [0.3, 0.4) is 0 Å². The third-order valence-electron chi connectivity index (χ3n) is 1.88. The van der Waals surface area contributed by atoms with Crippen LogP contribution in [0.25, 0.3) is 0 Å². The van der Waals surface area contributed by atoms with Gasteiger partial charge in [-0.05, 0) is 0 Å². The van der Waals surface area contributed by atoms with Gasteiger partial charge in [0.1, 0.15) is 17.5 Å². The zero-order chi connectivity index (χ0) is 12.5. The van der Waals surface area contributed by atoms with Gasteiger partial charge in [-0.2, -0.15) is 13.2 Å². The minimum Gasteiger partial charge on any atom is -0.383 e. The maximum Gasteiger partial charge on any atom is 0.414 e. The Kier molecular flexibility index (Phi) is 3.47. The first-order valence-electron chi connectivity index (χ1n) is 4.10. The molecule has 0 radical (unpaired) electrons. The molecule has 0 amide bonds. The van der Waals surface area contributed by atoms with E-state index in [9.17, 15) is 26.3 Å². The molecule has 90 valence electrons. The molecule has 0 saturated heterocycles. The van der Waals surface area contributed by atoms with Gasteiger partial charge in [0.25, 0.3) is 0 Å². The van der Waals surface area contributed by atoms with Crippen LogP contribution in [0.2, 0.25) is 0 Å². The highest BCUT2D eigenvalue weighted by molar-refractivity contribution is 5.21. The lowest BCUT2D eigenvalue weighted by molar-refractivity contribution is -0.203. The Hall–Kier alpha value is -1.24. The van der Waals surface area contributed by atoms with Crippen molar-refractivity contribution < 1.29 is 31.4 Å². The van der Waals surface area contributed by atoms with Crippen LogP contribution >= 0.6 is 0 Å². The third kappa shape index (κ3) is 2.88. The van der Waals surface area contributed by atoms with E-state index in [4.69, 9.17) is 5.11 Å². The van der Waals surface area contributed by atoms with E-state index in [1.165, 1.54) is 0 Å². The summed E-state index contributed by atoms with van der Waals surface area (Å²) in [6, 6.07) is 0.503. The molecule has 0 aliphatic rings. The monoisotopic (exact) mass is 244 g/mol. The van der Waals surface area contributed by atoms with Crippen LogP contribution in [0.1, 0.15) is 5.56 Å². The molecule has 0 aliphatic carbocycles. The fraction of sp³-hybridized carbons (Fsp3) is 0.333. The lowest BCUT2D eigenvalue weighted by atomic mass is 10.1. The fourth-order valence-corrected chi connectivity index (χ4v) is 1.08. The van der Waals surface area contributed by atoms with Crippen molar-refractivity contribution in [3.63, 3.8) is 0 Å². The molecular formula is C9H6F6O. The lowest BCUT2D eigenvalue weighted by Gasteiger charge is -2.15. The lowest BCUT2D eigenvalue weighted by Crippen LogP contribution is -2.31. The van der Waals surface area contributed by atoms with Crippen molar-refractivity contribution >= 4 is 0 Å². The molecule has 0 saturated carbocycles. The molecule has 0 fully saturated rings. The van der Waals surface area contributed by atoms with E-state index in [1.807, 2.05) is 0 Å². The highest BCUT2D eigenvalue weighted by Crippen LogP contribution is 2.25. The SMILES string of the molecule is OC(Cc1c(F)cc(F)cc1F)C(F)(F)F. The molecule has 1 N–H and O–H groups in total. The summed E-state index contributed by atoms with van der Waals surface area (Å²) in [5, 5.41) is 8.61. The summed E-state index contributed by atoms with van der Waals surface area (Å²) in [7, 11) is 0. The first-order chi connectivity index (χ1) is 7.21. The Bertz CT molecular complexity index is 363. The van der Waals surface area contributed by atoms with Gasteiger partial charge in [-0.15, -0.1) is 0 Å². The average molecular weight is 244 g/mol. The Morgan fingerprint density at radius 2 is 1.50 bits per heavy atom. The van der Waals surface area contributed by atoms with Crippen LogP contribution in [0.4, 0.5) is 26.3 Å². The summed E-state index contributed by atoms with van der Waals surface area (Å²) in [6.07, 6.45) is -9.16. The molecule has 0 spiro atoms. The van der Waals surface area contributed by atoms with Crippen LogP contribution in [0.15, 0.2) is 12.1 Å². The predicted octanol–water partition coefficient (Wildman–Crippen LogP) is 2.57. The maximum atomic E-state index is 12.9. The van der Waals surface area contributed by atoms with Gasteiger partial charge in [-0.1, -0.05) is 0 Å². The number of rotatable bonds is 2. The van der Waals surface area contributed by atoms with Crippen molar-refractivity contribution in [2.75, 3.05) is 0 Å². The van der Waals surface area contributed by atoms with Crippen molar-refractivity contribution in [2.24, 2.45) is 0 Å². The second-order valence-corrected chi connectivity index (χ2v) is 3.11. The molecule has 0 aliphatic heterocycles. The molecule has 0 aromatic heterocycles. The van der Waals surface area contributed by atoms with Gasteiger partial charge in [-0.25, -0.2) is 13.2 Å². The zero-order valence-corrected chi connectivity index (χ0v) is 7.65. The van der Waals surface area contributed by atoms with Crippen molar-refractivity contribution in [3.8, 4) is 0 Å². The molecule has 16 heavy (non-hydrogen) atoms. The summed E-state index contributed by atoms with van der Waals surface area (Å²) < 4.78 is 73.9. The summed E-state index contributed by atoms with van der Waals surface area (Å²) >= 11 is 0. The summed E-state index contributed by atoms with van der Waals surface area (Å²) in [5.74, 6) is -4.15. The van der Waals surface area contributed by atoms with Crippen molar-refractivity contribution in [2.45, 2.75) is 18.7 Å². The molecular weight excluding hydrogens is 238 g/mol. The number of halogens is 6. The van der Waals surface area contributed by atoms with Crippen molar-refractivity contribution in [3.05, 3.63) is 35.1 Å². The number of aliphatic hydroxyl groups is 1. The minimum absolute atomic E-state index is 0.251. The topological polar surface area (TPSA) is 20.2 Å². The molecule has 1 unspecified atom stereocenters. The number of hydrogen-bond donors (Lipinski definition) is 1. The largest absolute Gasteiger partial charge is 0.414 e. The smallest absolute Gasteiger partial charge is 0.383 e. The zero-order valence-electron chi connectivity index (χ0n) is 7.65. The van der Waals surface area contributed by atoms with E-state index in [1.54, 1.807) is 0 Å². The van der Waals surface area contributed by atoms with Gasteiger partial charge in [-0.3, -0.25) is 0 Å². The molecule has 1 nitrogen and oxygen atoms in total. The van der Waals surface area contributed by atoms with Gasteiger partial charge in [0.15, 0.2) is 6.10 Å². The number of alkyl halides is 3. The molecule has 0 bridgehead atoms. The Balaban J connectivity index is 2.98. The van der Waals surface area contributed by atoms with Crippen molar-refractivity contribution in [1.82, 2.24) is 0 Å². The quantitative estimate of drug-likeness (QED) is 0.793. The molecule has 1 atom stereocenters. The van der Waals surface area contributed by atoms with Crippen LogP contribution in [0, 0.1) is 17.5 Å². The van der Waals surface area contributed by atoms with Gasteiger partial charge in [0.05, 0.1) is 0 Å². The van der Waals surface area contributed by atoms with E-state index in [2.05, 4.69) is 0 Å². The van der Waals surface area contributed by atoms with Gasteiger partial charge in [0, 0.05) is 24.1 Å². The molecule has 1 rings (SSSR count). The van der Waals surface area contributed by atoms with Gasteiger partial charge in [0.2, 0.25) is 0 Å². The normalized spacial score (nSPS) is 13.9. The second-order valence-electron chi connectivity index (χ2n) is 3.11. The summed E-state index contributed by atoms with van der Waals surface area (Å²) in [6.45, 7) is 0. The molecule has 1 aromatic carbocycles. The van der Waals surface area contributed by atoms with E-state index in [0.29, 0.717) is 0 Å². The Morgan fingerprint density at radius 3 is 1.88 bits per heavy atom. The van der Waals surface area contributed by atoms with Crippen molar-refractivity contribution in [1.29, 1.82) is 0 Å². The minimum atomic E-state index is -4.98. The van der Waals surface area contributed by atoms with E-state index >= 15 is 0 Å². The summed E-state index contributed by atoms with van der Waals surface area (Å²) in [5.41, 5.74) is -0.994. The maximum absolute atomic E-state index is 12.9. The average Bonchev–Trinajstić information content (AvgIpc) is 2.08.